The molecule has 4 nitrogen and oxygen atoms in total. The van der Waals surface area contributed by atoms with E-state index in [0.717, 1.165) is 25.1 Å². The van der Waals surface area contributed by atoms with Crippen molar-refractivity contribution in [2.45, 2.75) is 31.8 Å². The third-order valence-corrected chi connectivity index (χ3v) is 3.21. The minimum atomic E-state index is 0.124. The van der Waals surface area contributed by atoms with Crippen molar-refractivity contribution in [2.24, 2.45) is 0 Å². The average Bonchev–Trinajstić information content (AvgIpc) is 2.94. The second-order valence-electron chi connectivity index (χ2n) is 4.46. The molecule has 14 heavy (non-hydrogen) atoms. The Morgan fingerprint density at radius 2 is 2.21 bits per heavy atom. The van der Waals surface area contributed by atoms with Gasteiger partial charge in [0.1, 0.15) is 0 Å². The largest absolute Gasteiger partial charge is 0.301 e. The fourth-order valence-corrected chi connectivity index (χ4v) is 2.25. The highest BCUT2D eigenvalue weighted by atomic mass is 16.1. The molecule has 0 bridgehead atoms. The van der Waals surface area contributed by atoms with Crippen LogP contribution in [0.15, 0.2) is 4.79 Å². The number of likely N-dealkylation sites (N-methyl/N-ethyl adjacent to an activating group) is 1. The summed E-state index contributed by atoms with van der Waals surface area (Å²) in [6.07, 6.45) is 3.47. The third kappa shape index (κ3) is 1.14. The number of hydrogen-bond acceptors (Lipinski definition) is 2. The van der Waals surface area contributed by atoms with Gasteiger partial charge in [0, 0.05) is 25.2 Å². The maximum atomic E-state index is 11.7. The van der Waals surface area contributed by atoms with Gasteiger partial charge in [0.05, 0.1) is 11.6 Å². The molecule has 1 aromatic heterocycles. The minimum absolute atomic E-state index is 0.124. The maximum absolute atomic E-state index is 11.7. The van der Waals surface area contributed by atoms with Gasteiger partial charge in [0.25, 0.3) is 5.56 Å². The molecule has 1 fully saturated rings. The topological polar surface area (TPSA) is 41.0 Å². The molecule has 1 aliphatic carbocycles. The van der Waals surface area contributed by atoms with Gasteiger partial charge in [-0.1, -0.05) is 0 Å². The summed E-state index contributed by atoms with van der Waals surface area (Å²) < 4.78 is 2.12. The number of nitrogens with one attached hydrogen (secondary N) is 1. The second-order valence-corrected chi connectivity index (χ2v) is 4.46. The van der Waals surface area contributed by atoms with Crippen LogP contribution in [0, 0.1) is 0 Å². The Hall–Kier alpha value is -1.03. The lowest BCUT2D eigenvalue weighted by Gasteiger charge is -2.22. The molecule has 1 aliphatic heterocycles. The van der Waals surface area contributed by atoms with Crippen LogP contribution in [-0.4, -0.2) is 28.3 Å². The summed E-state index contributed by atoms with van der Waals surface area (Å²) in [7, 11) is 2.07. The zero-order chi connectivity index (χ0) is 9.71. The summed E-state index contributed by atoms with van der Waals surface area (Å²) in [4.78, 5) is 13.9. The number of hydrogen-bond donors (Lipinski definition) is 1. The van der Waals surface area contributed by atoms with Gasteiger partial charge in [-0.3, -0.25) is 14.6 Å². The Bertz CT molecular complexity index is 413. The molecule has 3 rings (SSSR count). The molecule has 1 aromatic rings. The van der Waals surface area contributed by atoms with E-state index in [0.29, 0.717) is 6.04 Å². The van der Waals surface area contributed by atoms with Crippen LogP contribution in [0.5, 0.6) is 0 Å². The highest BCUT2D eigenvalue weighted by Crippen LogP contribution is 2.35. The lowest BCUT2D eigenvalue weighted by molar-refractivity contribution is 0.307. The van der Waals surface area contributed by atoms with Gasteiger partial charge < -0.3 is 4.90 Å². The van der Waals surface area contributed by atoms with Crippen LogP contribution < -0.4 is 5.56 Å². The molecule has 0 amide bonds. The fraction of sp³-hybridized carbons (Fsp3) is 0.700. The van der Waals surface area contributed by atoms with Gasteiger partial charge in [-0.05, 0) is 19.9 Å². The Morgan fingerprint density at radius 3 is 2.93 bits per heavy atom. The first kappa shape index (κ1) is 8.29. The third-order valence-electron chi connectivity index (χ3n) is 3.21. The molecular formula is C10H15N3O. The van der Waals surface area contributed by atoms with Crippen molar-refractivity contribution in [3.8, 4) is 0 Å². The Kier molecular flexibility index (Phi) is 1.62. The fourth-order valence-electron chi connectivity index (χ4n) is 2.25. The summed E-state index contributed by atoms with van der Waals surface area (Å²) in [6.45, 7) is 1.88. The van der Waals surface area contributed by atoms with Crippen LogP contribution in [0.1, 0.15) is 30.1 Å². The van der Waals surface area contributed by atoms with Crippen molar-refractivity contribution >= 4 is 0 Å². The van der Waals surface area contributed by atoms with E-state index < -0.39 is 0 Å². The summed E-state index contributed by atoms with van der Waals surface area (Å²) >= 11 is 0. The predicted molar refractivity (Wildman–Crippen MR) is 53.4 cm³/mol. The predicted octanol–water partition coefficient (Wildman–Crippen LogP) is 0.499. The van der Waals surface area contributed by atoms with Gasteiger partial charge in [-0.2, -0.15) is 0 Å². The zero-order valence-electron chi connectivity index (χ0n) is 8.42. The van der Waals surface area contributed by atoms with Crippen molar-refractivity contribution in [3.63, 3.8) is 0 Å². The average molecular weight is 193 g/mol. The number of nitrogens with zero attached hydrogens (tertiary/aromatic N) is 2. The summed E-state index contributed by atoms with van der Waals surface area (Å²) in [6, 6.07) is 0.592. The highest BCUT2D eigenvalue weighted by molar-refractivity contribution is 5.22. The molecule has 4 heteroatoms. The van der Waals surface area contributed by atoms with Gasteiger partial charge in [0.2, 0.25) is 0 Å². The van der Waals surface area contributed by atoms with Crippen LogP contribution in [-0.2, 0) is 13.0 Å². The van der Waals surface area contributed by atoms with Crippen LogP contribution >= 0.6 is 0 Å². The van der Waals surface area contributed by atoms with E-state index in [4.69, 9.17) is 0 Å². The van der Waals surface area contributed by atoms with Crippen molar-refractivity contribution in [3.05, 3.63) is 21.6 Å². The van der Waals surface area contributed by atoms with Gasteiger partial charge in [-0.15, -0.1) is 0 Å². The van der Waals surface area contributed by atoms with E-state index in [1.807, 2.05) is 0 Å². The molecule has 76 valence electrons. The molecule has 1 N–H and O–H groups in total. The minimum Gasteiger partial charge on any atom is -0.301 e. The first-order valence-electron chi connectivity index (χ1n) is 5.26. The van der Waals surface area contributed by atoms with Crippen molar-refractivity contribution < 1.29 is 0 Å². The molecule has 1 saturated carbocycles. The molecule has 0 saturated heterocycles. The van der Waals surface area contributed by atoms with Gasteiger partial charge in [-0.25, -0.2) is 0 Å². The van der Waals surface area contributed by atoms with E-state index >= 15 is 0 Å². The van der Waals surface area contributed by atoms with Crippen LogP contribution in [0.3, 0.4) is 0 Å². The number of aromatic nitrogens is 2. The van der Waals surface area contributed by atoms with E-state index in [1.54, 1.807) is 0 Å². The van der Waals surface area contributed by atoms with Crippen LogP contribution in [0.4, 0.5) is 0 Å². The molecule has 0 atom stereocenters. The Balaban J connectivity index is 2.08. The van der Waals surface area contributed by atoms with Crippen molar-refractivity contribution in [2.75, 3.05) is 13.6 Å². The molecule has 0 aromatic carbocycles. The van der Waals surface area contributed by atoms with Crippen LogP contribution in [0.25, 0.3) is 0 Å². The first-order chi connectivity index (χ1) is 6.75. The van der Waals surface area contributed by atoms with Crippen molar-refractivity contribution in [1.82, 2.24) is 14.7 Å². The quantitative estimate of drug-likeness (QED) is 0.705. The molecule has 0 radical (unpaired) electrons. The SMILES string of the molecule is CN1CCc2c(c(=O)[nH]n2C2CC2)C1. The molecule has 2 aliphatic rings. The Labute approximate surface area is 82.5 Å². The number of rotatable bonds is 1. The van der Waals surface area contributed by atoms with E-state index in [-0.39, 0.29) is 5.56 Å². The lowest BCUT2D eigenvalue weighted by atomic mass is 10.1. The van der Waals surface area contributed by atoms with Gasteiger partial charge >= 0.3 is 0 Å². The normalized spacial score (nSPS) is 22.4. The number of aromatic amines is 1. The summed E-state index contributed by atoms with van der Waals surface area (Å²) in [5.74, 6) is 0. The summed E-state index contributed by atoms with van der Waals surface area (Å²) in [5.41, 5.74) is 2.37. The molecular weight excluding hydrogens is 178 g/mol. The molecule has 0 spiro atoms. The van der Waals surface area contributed by atoms with Crippen molar-refractivity contribution in [1.29, 1.82) is 0 Å². The monoisotopic (exact) mass is 193 g/mol. The zero-order valence-corrected chi connectivity index (χ0v) is 8.42. The van der Waals surface area contributed by atoms with E-state index in [1.165, 1.54) is 18.5 Å². The smallest absolute Gasteiger partial charge is 0.268 e. The lowest BCUT2D eigenvalue weighted by Crippen LogP contribution is -2.29. The second kappa shape index (κ2) is 2.73. The van der Waals surface area contributed by atoms with E-state index in [2.05, 4.69) is 21.7 Å². The molecule has 0 unspecified atom stereocenters. The number of fused-ring (bicyclic) bond motifs is 1. The van der Waals surface area contributed by atoms with E-state index in [9.17, 15) is 4.79 Å². The van der Waals surface area contributed by atoms with Gasteiger partial charge in [0.15, 0.2) is 0 Å². The maximum Gasteiger partial charge on any atom is 0.268 e. The summed E-state index contributed by atoms with van der Waals surface area (Å²) in [5, 5.41) is 2.97. The standard InChI is InChI=1S/C10H15N3O/c1-12-5-4-9-8(6-12)10(14)11-13(9)7-2-3-7/h7H,2-6H2,1H3,(H,11,14). The number of H-pyrrole nitrogens is 1. The first-order valence-corrected chi connectivity index (χ1v) is 5.26. The molecule has 2 heterocycles. The Morgan fingerprint density at radius 1 is 1.43 bits per heavy atom. The highest BCUT2D eigenvalue weighted by Gasteiger charge is 2.30. The van der Waals surface area contributed by atoms with Crippen LogP contribution in [0.2, 0.25) is 0 Å².